The first-order chi connectivity index (χ1) is 8.02. The van der Waals surface area contributed by atoms with Crippen molar-refractivity contribution in [3.63, 3.8) is 0 Å². The van der Waals surface area contributed by atoms with Crippen molar-refractivity contribution >= 4 is 0 Å². The zero-order valence-corrected chi connectivity index (χ0v) is 8.31. The van der Waals surface area contributed by atoms with Crippen LogP contribution >= 0.6 is 0 Å². The normalized spacial score (nSPS) is 11.2. The lowest BCUT2D eigenvalue weighted by Gasteiger charge is -2.09. The van der Waals surface area contributed by atoms with E-state index >= 15 is 0 Å². The number of rotatable bonds is 1. The molecule has 0 amide bonds. The van der Waals surface area contributed by atoms with Crippen molar-refractivity contribution in [1.29, 1.82) is 5.26 Å². The van der Waals surface area contributed by atoms with Gasteiger partial charge in [0.15, 0.2) is 0 Å². The fourth-order valence-corrected chi connectivity index (χ4v) is 1.33. The van der Waals surface area contributed by atoms with Crippen LogP contribution in [0.5, 0.6) is 0 Å². The molecule has 0 saturated carbocycles. The van der Waals surface area contributed by atoms with Gasteiger partial charge >= 0.3 is 6.18 Å². The fourth-order valence-electron chi connectivity index (χ4n) is 1.33. The van der Waals surface area contributed by atoms with Crippen LogP contribution in [0, 0.1) is 11.3 Å². The molecule has 86 valence electrons. The predicted molar refractivity (Wildman–Crippen MR) is 51.1 cm³/mol. The van der Waals surface area contributed by atoms with E-state index in [9.17, 15) is 13.2 Å². The lowest BCUT2D eigenvalue weighted by Crippen LogP contribution is -2.07. The first-order valence-electron chi connectivity index (χ1n) is 4.48. The Morgan fingerprint density at radius 3 is 2.59 bits per heavy atom. The van der Waals surface area contributed by atoms with E-state index in [1.54, 1.807) is 6.07 Å². The first kappa shape index (κ1) is 11.1. The number of benzene rings is 1. The average Bonchev–Trinajstić information content (AvgIpc) is 2.80. The van der Waals surface area contributed by atoms with Crippen molar-refractivity contribution in [1.82, 2.24) is 14.8 Å². The Bertz CT molecular complexity index is 566. The Morgan fingerprint density at radius 2 is 2.06 bits per heavy atom. The van der Waals surface area contributed by atoms with Gasteiger partial charge in [0.25, 0.3) is 0 Å². The molecule has 0 aliphatic heterocycles. The second kappa shape index (κ2) is 3.90. The number of hydrogen-bond donors (Lipinski definition) is 0. The van der Waals surface area contributed by atoms with E-state index in [-0.39, 0.29) is 11.3 Å². The quantitative estimate of drug-likeness (QED) is 0.764. The predicted octanol–water partition coefficient (Wildman–Crippen LogP) is 2.16. The molecular weight excluding hydrogens is 233 g/mol. The molecule has 1 aromatic heterocycles. The van der Waals surface area contributed by atoms with Crippen LogP contribution in [-0.2, 0) is 6.18 Å². The molecule has 0 atom stereocenters. The summed E-state index contributed by atoms with van der Waals surface area (Å²) in [7, 11) is 0. The maximum atomic E-state index is 12.4. The van der Waals surface area contributed by atoms with E-state index in [1.807, 2.05) is 0 Å². The van der Waals surface area contributed by atoms with Gasteiger partial charge in [0.1, 0.15) is 18.7 Å². The topological polar surface area (TPSA) is 54.5 Å². The minimum Gasteiger partial charge on any atom is -0.223 e. The molecule has 0 saturated heterocycles. The Balaban J connectivity index is 2.55. The zero-order valence-electron chi connectivity index (χ0n) is 8.31. The summed E-state index contributed by atoms with van der Waals surface area (Å²) >= 11 is 0. The summed E-state index contributed by atoms with van der Waals surface area (Å²) < 4.78 is 38.5. The Morgan fingerprint density at radius 1 is 1.29 bits per heavy atom. The van der Waals surface area contributed by atoms with Gasteiger partial charge in [-0.25, -0.2) is 9.67 Å². The summed E-state index contributed by atoms with van der Waals surface area (Å²) in [6.07, 6.45) is -1.92. The third-order valence-corrected chi connectivity index (χ3v) is 2.11. The maximum absolute atomic E-state index is 12.4. The zero-order chi connectivity index (χ0) is 12.5. The summed E-state index contributed by atoms with van der Waals surface area (Å²) in [6.45, 7) is 0. The fraction of sp³-hybridized carbons (Fsp3) is 0.100. The van der Waals surface area contributed by atoms with Crippen LogP contribution in [0.4, 0.5) is 13.2 Å². The van der Waals surface area contributed by atoms with Crippen molar-refractivity contribution in [3.05, 3.63) is 42.0 Å². The molecule has 17 heavy (non-hydrogen) atoms. The monoisotopic (exact) mass is 238 g/mol. The smallest absolute Gasteiger partial charge is 0.223 e. The summed E-state index contributed by atoms with van der Waals surface area (Å²) in [4.78, 5) is 3.67. The third kappa shape index (κ3) is 2.10. The Labute approximate surface area is 93.9 Å². The van der Waals surface area contributed by atoms with Gasteiger partial charge in [-0.15, -0.1) is 0 Å². The number of nitrogens with zero attached hydrogens (tertiary/aromatic N) is 4. The van der Waals surface area contributed by atoms with Crippen molar-refractivity contribution in [2.24, 2.45) is 0 Å². The SMILES string of the molecule is N#Cc1cc(C(F)(F)F)ccc1-n1cncn1. The van der Waals surface area contributed by atoms with E-state index in [0.717, 1.165) is 12.1 Å². The van der Waals surface area contributed by atoms with Gasteiger partial charge in [-0.3, -0.25) is 0 Å². The molecular formula is C10H5F3N4. The van der Waals surface area contributed by atoms with Gasteiger partial charge in [-0.2, -0.15) is 23.5 Å². The molecule has 4 nitrogen and oxygen atoms in total. The van der Waals surface area contributed by atoms with Gasteiger partial charge < -0.3 is 0 Å². The molecule has 0 aliphatic rings. The maximum Gasteiger partial charge on any atom is 0.416 e. The minimum atomic E-state index is -4.47. The Kier molecular flexibility index (Phi) is 2.55. The van der Waals surface area contributed by atoms with E-state index < -0.39 is 11.7 Å². The lowest BCUT2D eigenvalue weighted by atomic mass is 10.1. The minimum absolute atomic E-state index is 0.106. The van der Waals surface area contributed by atoms with Gasteiger partial charge in [0.2, 0.25) is 0 Å². The highest BCUT2D eigenvalue weighted by Gasteiger charge is 2.31. The van der Waals surface area contributed by atoms with Crippen molar-refractivity contribution < 1.29 is 13.2 Å². The molecule has 0 aliphatic carbocycles. The van der Waals surface area contributed by atoms with E-state index in [0.29, 0.717) is 0 Å². The molecule has 0 spiro atoms. The molecule has 1 aromatic carbocycles. The third-order valence-electron chi connectivity index (χ3n) is 2.11. The number of nitriles is 1. The number of alkyl halides is 3. The molecule has 0 unspecified atom stereocenters. The van der Waals surface area contributed by atoms with Crippen LogP contribution in [-0.4, -0.2) is 14.8 Å². The second-order valence-corrected chi connectivity index (χ2v) is 3.18. The second-order valence-electron chi connectivity index (χ2n) is 3.18. The standard InChI is InChI=1S/C10H5F3N4/c11-10(12,13)8-1-2-9(7(3-8)4-14)17-6-15-5-16-17/h1-3,5-6H. The summed E-state index contributed by atoms with van der Waals surface area (Å²) in [5.41, 5.74) is -0.707. The highest BCUT2D eigenvalue weighted by molar-refractivity contribution is 5.50. The molecule has 0 radical (unpaired) electrons. The average molecular weight is 238 g/mol. The Hall–Kier alpha value is -2.36. The molecule has 7 heteroatoms. The summed E-state index contributed by atoms with van der Waals surface area (Å²) in [6, 6.07) is 4.59. The van der Waals surface area contributed by atoms with Gasteiger partial charge in [-0.05, 0) is 18.2 Å². The first-order valence-corrected chi connectivity index (χ1v) is 4.48. The number of hydrogen-bond acceptors (Lipinski definition) is 3. The van der Waals surface area contributed by atoms with Gasteiger partial charge in [0, 0.05) is 0 Å². The molecule has 2 rings (SSSR count). The summed E-state index contributed by atoms with van der Waals surface area (Å²) in [5.74, 6) is 0. The molecule has 2 aromatic rings. The van der Waals surface area contributed by atoms with Crippen molar-refractivity contribution in [2.45, 2.75) is 6.18 Å². The van der Waals surface area contributed by atoms with Crippen LogP contribution < -0.4 is 0 Å². The number of aromatic nitrogens is 3. The molecule has 1 heterocycles. The van der Waals surface area contributed by atoms with E-state index in [2.05, 4.69) is 10.1 Å². The number of halogens is 3. The van der Waals surface area contributed by atoms with Crippen LogP contribution in [0.2, 0.25) is 0 Å². The van der Waals surface area contributed by atoms with Crippen LogP contribution in [0.3, 0.4) is 0 Å². The van der Waals surface area contributed by atoms with Crippen LogP contribution in [0.25, 0.3) is 5.69 Å². The highest BCUT2D eigenvalue weighted by Crippen LogP contribution is 2.30. The van der Waals surface area contributed by atoms with E-state index in [1.165, 1.54) is 23.4 Å². The van der Waals surface area contributed by atoms with Crippen molar-refractivity contribution in [3.8, 4) is 11.8 Å². The van der Waals surface area contributed by atoms with Gasteiger partial charge in [-0.1, -0.05) is 0 Å². The molecule has 0 N–H and O–H groups in total. The van der Waals surface area contributed by atoms with Crippen LogP contribution in [0.1, 0.15) is 11.1 Å². The molecule has 0 bridgehead atoms. The van der Waals surface area contributed by atoms with E-state index in [4.69, 9.17) is 5.26 Å². The lowest BCUT2D eigenvalue weighted by molar-refractivity contribution is -0.137. The molecule has 0 fully saturated rings. The largest absolute Gasteiger partial charge is 0.416 e. The van der Waals surface area contributed by atoms with Crippen molar-refractivity contribution in [2.75, 3.05) is 0 Å². The van der Waals surface area contributed by atoms with Gasteiger partial charge in [0.05, 0.1) is 16.8 Å². The van der Waals surface area contributed by atoms with Crippen LogP contribution in [0.15, 0.2) is 30.9 Å². The summed E-state index contributed by atoms with van der Waals surface area (Å²) in [5, 5.41) is 12.6. The highest BCUT2D eigenvalue weighted by atomic mass is 19.4.